The molecule has 0 saturated carbocycles. The van der Waals surface area contributed by atoms with Crippen LogP contribution in [0.25, 0.3) is 0 Å². The Labute approximate surface area is 123 Å². The summed E-state index contributed by atoms with van der Waals surface area (Å²) in [6.07, 6.45) is 0. The Kier molecular flexibility index (Phi) is 4.16. The Bertz CT molecular complexity index is 574. The lowest BCUT2D eigenvalue weighted by Crippen LogP contribution is -2.64. The van der Waals surface area contributed by atoms with Gasteiger partial charge >= 0.3 is 0 Å². The summed E-state index contributed by atoms with van der Waals surface area (Å²) >= 11 is 0. The van der Waals surface area contributed by atoms with Gasteiger partial charge in [-0.3, -0.25) is 14.5 Å². The molecule has 1 N–H and O–H groups in total. The minimum Gasteiger partial charge on any atom is -0.494 e. The van der Waals surface area contributed by atoms with Crippen LogP contribution in [0, 0.1) is 11.7 Å². The Morgan fingerprint density at radius 1 is 1.33 bits per heavy atom. The number of methoxy groups -OCH3 is 1. The highest BCUT2D eigenvalue weighted by atomic mass is 19.1. The number of piperazine rings is 1. The van der Waals surface area contributed by atoms with E-state index >= 15 is 0 Å². The first kappa shape index (κ1) is 15.3. The molecule has 0 radical (unpaired) electrons. The van der Waals surface area contributed by atoms with E-state index in [0.717, 1.165) is 0 Å². The average Bonchev–Trinajstić information content (AvgIpc) is 2.42. The van der Waals surface area contributed by atoms with Gasteiger partial charge in [0.15, 0.2) is 0 Å². The van der Waals surface area contributed by atoms with Crippen molar-refractivity contribution < 1.29 is 18.7 Å². The summed E-state index contributed by atoms with van der Waals surface area (Å²) in [4.78, 5) is 26.1. The Morgan fingerprint density at radius 3 is 2.57 bits per heavy atom. The number of rotatable bonds is 3. The Hall–Kier alpha value is -2.11. The number of ether oxygens (including phenoxy) is 1. The van der Waals surface area contributed by atoms with Crippen LogP contribution in [0.1, 0.15) is 20.8 Å². The molecule has 0 bridgehead atoms. The zero-order valence-electron chi connectivity index (χ0n) is 12.5. The first-order valence-electron chi connectivity index (χ1n) is 6.83. The van der Waals surface area contributed by atoms with Crippen LogP contribution in [0.3, 0.4) is 0 Å². The van der Waals surface area contributed by atoms with Gasteiger partial charge in [-0.1, -0.05) is 13.8 Å². The fourth-order valence-corrected chi connectivity index (χ4v) is 2.54. The third-order valence-electron chi connectivity index (χ3n) is 3.55. The molecule has 1 aromatic carbocycles. The van der Waals surface area contributed by atoms with E-state index in [2.05, 4.69) is 5.32 Å². The van der Waals surface area contributed by atoms with E-state index in [9.17, 15) is 14.0 Å². The van der Waals surface area contributed by atoms with E-state index in [4.69, 9.17) is 4.74 Å². The normalized spacial score (nSPS) is 22.5. The van der Waals surface area contributed by atoms with Crippen LogP contribution in [0.4, 0.5) is 10.1 Å². The maximum Gasteiger partial charge on any atom is 0.250 e. The Balaban J connectivity index is 2.55. The fourth-order valence-electron chi connectivity index (χ4n) is 2.54. The summed E-state index contributed by atoms with van der Waals surface area (Å²) in [7, 11) is 1.40. The second-order valence-corrected chi connectivity index (χ2v) is 5.44. The zero-order valence-corrected chi connectivity index (χ0v) is 12.5. The SMILES string of the molecule is COc1cc(F)ccc1N1C(=O)C(C)NC(=O)C1C(C)C. The van der Waals surface area contributed by atoms with E-state index in [1.165, 1.54) is 30.2 Å². The molecule has 2 unspecified atom stereocenters. The van der Waals surface area contributed by atoms with Crippen molar-refractivity contribution in [2.24, 2.45) is 5.92 Å². The molecule has 0 aliphatic carbocycles. The molecule has 6 heteroatoms. The van der Waals surface area contributed by atoms with Gasteiger partial charge in [0.05, 0.1) is 12.8 Å². The van der Waals surface area contributed by atoms with E-state index in [0.29, 0.717) is 5.69 Å². The van der Waals surface area contributed by atoms with Crippen molar-refractivity contribution in [2.45, 2.75) is 32.9 Å². The average molecular weight is 294 g/mol. The van der Waals surface area contributed by atoms with Gasteiger partial charge < -0.3 is 10.1 Å². The summed E-state index contributed by atoms with van der Waals surface area (Å²) in [5, 5.41) is 2.66. The standard InChI is InChI=1S/C15H19FN2O3/c1-8(2)13-14(19)17-9(3)15(20)18(13)11-6-5-10(16)7-12(11)21-4/h5-9,13H,1-4H3,(H,17,19). The first-order valence-corrected chi connectivity index (χ1v) is 6.83. The van der Waals surface area contributed by atoms with Crippen molar-refractivity contribution >= 4 is 17.5 Å². The van der Waals surface area contributed by atoms with Crippen LogP contribution < -0.4 is 15.0 Å². The van der Waals surface area contributed by atoms with Crippen LogP contribution in [0.5, 0.6) is 5.75 Å². The van der Waals surface area contributed by atoms with Gasteiger partial charge in [-0.2, -0.15) is 0 Å². The molecule has 21 heavy (non-hydrogen) atoms. The number of nitrogens with one attached hydrogen (secondary N) is 1. The maximum atomic E-state index is 13.3. The first-order chi connectivity index (χ1) is 9.86. The highest BCUT2D eigenvalue weighted by Gasteiger charge is 2.42. The van der Waals surface area contributed by atoms with Gasteiger partial charge in [-0.05, 0) is 25.0 Å². The highest BCUT2D eigenvalue weighted by Crippen LogP contribution is 2.33. The molecule has 0 aromatic heterocycles. The topological polar surface area (TPSA) is 58.6 Å². The lowest BCUT2D eigenvalue weighted by atomic mass is 9.96. The van der Waals surface area contributed by atoms with Gasteiger partial charge in [0, 0.05) is 6.07 Å². The molecule has 1 fully saturated rings. The number of hydrogen-bond donors (Lipinski definition) is 1. The van der Waals surface area contributed by atoms with E-state index < -0.39 is 17.9 Å². The van der Waals surface area contributed by atoms with E-state index in [1.807, 2.05) is 13.8 Å². The molecule has 1 aliphatic heterocycles. The lowest BCUT2D eigenvalue weighted by Gasteiger charge is -2.40. The number of hydrogen-bond acceptors (Lipinski definition) is 3. The van der Waals surface area contributed by atoms with Crippen molar-refractivity contribution in [1.29, 1.82) is 0 Å². The largest absolute Gasteiger partial charge is 0.494 e. The van der Waals surface area contributed by atoms with Gasteiger partial charge in [0.1, 0.15) is 23.7 Å². The third-order valence-corrected chi connectivity index (χ3v) is 3.55. The van der Waals surface area contributed by atoms with Crippen LogP contribution in [0.2, 0.25) is 0 Å². The molecule has 1 aromatic rings. The predicted octanol–water partition coefficient (Wildman–Crippen LogP) is 1.71. The van der Waals surface area contributed by atoms with Crippen molar-refractivity contribution in [3.63, 3.8) is 0 Å². The van der Waals surface area contributed by atoms with E-state index in [1.54, 1.807) is 6.92 Å². The quantitative estimate of drug-likeness (QED) is 0.923. The van der Waals surface area contributed by atoms with Crippen LogP contribution in [0.15, 0.2) is 18.2 Å². The minimum atomic E-state index is -0.645. The zero-order chi connectivity index (χ0) is 15.7. The smallest absolute Gasteiger partial charge is 0.250 e. The highest BCUT2D eigenvalue weighted by molar-refractivity contribution is 6.09. The molecule has 2 rings (SSSR count). The number of carbonyl (C=O) groups is 2. The van der Waals surface area contributed by atoms with Crippen molar-refractivity contribution in [3.05, 3.63) is 24.0 Å². The van der Waals surface area contributed by atoms with Crippen molar-refractivity contribution in [2.75, 3.05) is 12.0 Å². The number of anilines is 1. The molecule has 1 heterocycles. The van der Waals surface area contributed by atoms with E-state index in [-0.39, 0.29) is 23.5 Å². The molecular formula is C15H19FN2O3. The summed E-state index contributed by atoms with van der Waals surface area (Å²) < 4.78 is 18.5. The predicted molar refractivity (Wildman–Crippen MR) is 76.7 cm³/mol. The summed E-state index contributed by atoms with van der Waals surface area (Å²) in [6, 6.07) is 2.65. The molecular weight excluding hydrogens is 275 g/mol. The summed E-state index contributed by atoms with van der Waals surface area (Å²) in [5.41, 5.74) is 0.407. The Morgan fingerprint density at radius 2 is 2.00 bits per heavy atom. The number of halogens is 1. The molecule has 1 saturated heterocycles. The van der Waals surface area contributed by atoms with Gasteiger partial charge in [-0.25, -0.2) is 4.39 Å². The maximum absolute atomic E-state index is 13.3. The molecule has 2 atom stereocenters. The molecule has 5 nitrogen and oxygen atoms in total. The molecule has 1 aliphatic rings. The van der Waals surface area contributed by atoms with Gasteiger partial charge in [-0.15, -0.1) is 0 Å². The minimum absolute atomic E-state index is 0.0868. The number of benzene rings is 1. The molecule has 114 valence electrons. The number of nitrogens with zero attached hydrogens (tertiary/aromatic N) is 1. The second kappa shape index (κ2) is 5.71. The number of carbonyl (C=O) groups excluding carboxylic acids is 2. The van der Waals surface area contributed by atoms with Crippen LogP contribution in [-0.4, -0.2) is 31.0 Å². The van der Waals surface area contributed by atoms with Crippen LogP contribution in [-0.2, 0) is 9.59 Å². The summed E-state index contributed by atoms with van der Waals surface area (Å²) in [5.74, 6) is -0.771. The van der Waals surface area contributed by atoms with Crippen LogP contribution >= 0.6 is 0 Å². The van der Waals surface area contributed by atoms with Crippen molar-refractivity contribution in [3.8, 4) is 5.75 Å². The lowest BCUT2D eigenvalue weighted by molar-refractivity contribution is -0.134. The van der Waals surface area contributed by atoms with Gasteiger partial charge in [0.25, 0.3) is 0 Å². The van der Waals surface area contributed by atoms with Crippen molar-refractivity contribution in [1.82, 2.24) is 5.32 Å². The molecule has 0 spiro atoms. The monoisotopic (exact) mass is 294 g/mol. The second-order valence-electron chi connectivity index (χ2n) is 5.44. The third kappa shape index (κ3) is 2.70. The number of amides is 2. The fraction of sp³-hybridized carbons (Fsp3) is 0.467. The molecule has 2 amide bonds. The summed E-state index contributed by atoms with van der Waals surface area (Å²) in [6.45, 7) is 5.34. The van der Waals surface area contributed by atoms with Gasteiger partial charge in [0.2, 0.25) is 11.8 Å².